The van der Waals surface area contributed by atoms with Crippen LogP contribution < -0.4 is 5.32 Å². The number of H-pyrrole nitrogens is 1. The molecule has 1 aromatic carbocycles. The molecule has 0 radical (unpaired) electrons. The van der Waals surface area contributed by atoms with Gasteiger partial charge in [0.25, 0.3) is 0 Å². The van der Waals surface area contributed by atoms with Crippen molar-refractivity contribution in [1.82, 2.24) is 15.0 Å². The van der Waals surface area contributed by atoms with E-state index in [9.17, 15) is 24.1 Å². The number of rotatable bonds is 4. The summed E-state index contributed by atoms with van der Waals surface area (Å²) in [4.78, 5) is 11.2. The molecule has 2 aromatic heterocycles. The average Bonchev–Trinajstić information content (AvgIpc) is 3.24. The van der Waals surface area contributed by atoms with E-state index in [-0.39, 0.29) is 12.0 Å². The van der Waals surface area contributed by atoms with E-state index in [0.29, 0.717) is 11.5 Å². The summed E-state index contributed by atoms with van der Waals surface area (Å²) in [5, 5.41) is 35.1. The van der Waals surface area contributed by atoms with Crippen LogP contribution in [0.5, 0.6) is 0 Å². The Labute approximate surface area is 152 Å². The fraction of sp³-hybridized carbons (Fsp3) is 0.333. The van der Waals surface area contributed by atoms with E-state index in [1.54, 1.807) is 12.3 Å². The molecule has 0 bridgehead atoms. The third kappa shape index (κ3) is 3.14. The molecule has 0 saturated heterocycles. The molecule has 27 heavy (non-hydrogen) atoms. The summed E-state index contributed by atoms with van der Waals surface area (Å²) in [5.41, 5.74) is 0.764. The first kappa shape index (κ1) is 17.8. The molecule has 0 unspecified atom stereocenters. The lowest BCUT2D eigenvalue weighted by atomic mass is 9.92. The van der Waals surface area contributed by atoms with Crippen LogP contribution in [0.2, 0.25) is 0 Å². The van der Waals surface area contributed by atoms with Crippen LogP contribution in [0, 0.1) is 17.6 Å². The van der Waals surface area contributed by atoms with Gasteiger partial charge in [-0.2, -0.15) is 0 Å². The minimum Gasteiger partial charge on any atom is -0.390 e. The van der Waals surface area contributed by atoms with E-state index < -0.39 is 41.9 Å². The normalized spacial score (nSPS) is 26.4. The summed E-state index contributed by atoms with van der Waals surface area (Å²) in [6.45, 7) is 0. The molecule has 4 rings (SSSR count). The van der Waals surface area contributed by atoms with Gasteiger partial charge in [0.15, 0.2) is 11.6 Å². The number of benzene rings is 1. The summed E-state index contributed by atoms with van der Waals surface area (Å²) < 4.78 is 26.6. The number of hydrogen-bond acceptors (Lipinski definition) is 6. The van der Waals surface area contributed by atoms with E-state index >= 15 is 0 Å². The molecule has 142 valence electrons. The van der Waals surface area contributed by atoms with Crippen molar-refractivity contribution >= 4 is 16.9 Å². The monoisotopic (exact) mass is 376 g/mol. The van der Waals surface area contributed by atoms with Gasteiger partial charge in [0.05, 0.1) is 23.6 Å². The lowest BCUT2D eigenvalue weighted by Crippen LogP contribution is -2.36. The Kier molecular flexibility index (Phi) is 4.50. The van der Waals surface area contributed by atoms with Crippen molar-refractivity contribution in [3.63, 3.8) is 0 Å². The number of nitrogens with one attached hydrogen (secondary N) is 2. The SMILES string of the molecule is O[C@@H]1[C@H](O)[C@H]([C@H](O)c2ccc(F)c(F)c2)C[C@H]1Nc1ncnc2[nH]ccc12. The third-order valence-corrected chi connectivity index (χ3v) is 5.09. The van der Waals surface area contributed by atoms with Gasteiger partial charge in [0.2, 0.25) is 0 Å². The zero-order valence-electron chi connectivity index (χ0n) is 14.0. The Morgan fingerprint density at radius 3 is 2.70 bits per heavy atom. The lowest BCUT2D eigenvalue weighted by Gasteiger charge is -2.22. The van der Waals surface area contributed by atoms with E-state index in [4.69, 9.17) is 0 Å². The summed E-state index contributed by atoms with van der Waals surface area (Å²) in [5.74, 6) is -2.37. The van der Waals surface area contributed by atoms with Crippen molar-refractivity contribution in [2.75, 3.05) is 5.32 Å². The zero-order valence-corrected chi connectivity index (χ0v) is 14.0. The number of aliphatic hydroxyl groups is 3. The third-order valence-electron chi connectivity index (χ3n) is 5.09. The fourth-order valence-electron chi connectivity index (χ4n) is 3.63. The molecule has 0 spiro atoms. The summed E-state index contributed by atoms with van der Waals surface area (Å²) in [7, 11) is 0. The van der Waals surface area contributed by atoms with Gasteiger partial charge >= 0.3 is 0 Å². The van der Waals surface area contributed by atoms with Crippen LogP contribution in [0.4, 0.5) is 14.6 Å². The number of halogens is 2. The fourth-order valence-corrected chi connectivity index (χ4v) is 3.63. The molecule has 1 aliphatic carbocycles. The zero-order chi connectivity index (χ0) is 19.1. The average molecular weight is 376 g/mol. The van der Waals surface area contributed by atoms with Gasteiger partial charge in [-0.1, -0.05) is 6.07 Å². The molecule has 3 aromatic rings. The number of aromatic nitrogens is 3. The van der Waals surface area contributed by atoms with Crippen LogP contribution in [0.25, 0.3) is 11.0 Å². The van der Waals surface area contributed by atoms with E-state index in [2.05, 4.69) is 20.3 Å². The second-order valence-corrected chi connectivity index (χ2v) is 6.71. The van der Waals surface area contributed by atoms with E-state index in [1.807, 2.05) is 0 Å². The van der Waals surface area contributed by atoms with Gasteiger partial charge in [-0.3, -0.25) is 0 Å². The number of anilines is 1. The summed E-state index contributed by atoms with van der Waals surface area (Å²) >= 11 is 0. The standard InChI is InChI=1S/C18H18F2N4O3/c19-11-2-1-8(5-12(11)20)14(25)10-6-13(16(27)15(10)26)24-18-9-3-4-21-17(9)22-7-23-18/h1-5,7,10,13-16,25-27H,6H2,(H2,21,22,23,24)/t10-,13+,14+,15+,16-/m0/s1. The molecule has 1 saturated carbocycles. The van der Waals surface area contributed by atoms with Crippen LogP contribution >= 0.6 is 0 Å². The predicted octanol–water partition coefficient (Wildman–Crippen LogP) is 1.49. The van der Waals surface area contributed by atoms with Crippen LogP contribution in [0.15, 0.2) is 36.8 Å². The summed E-state index contributed by atoms with van der Waals surface area (Å²) in [6, 6.07) is 4.27. The van der Waals surface area contributed by atoms with Crippen LogP contribution in [0.3, 0.4) is 0 Å². The topological polar surface area (TPSA) is 114 Å². The number of fused-ring (bicyclic) bond motifs is 1. The highest BCUT2D eigenvalue weighted by Gasteiger charge is 2.45. The summed E-state index contributed by atoms with van der Waals surface area (Å²) in [6.07, 6.45) is -0.382. The van der Waals surface area contributed by atoms with Crippen molar-refractivity contribution in [3.05, 3.63) is 54.0 Å². The quantitative estimate of drug-likeness (QED) is 0.471. The van der Waals surface area contributed by atoms with E-state index in [0.717, 1.165) is 17.5 Å². The molecule has 7 nitrogen and oxygen atoms in total. The van der Waals surface area contributed by atoms with Crippen LogP contribution in [-0.4, -0.2) is 48.5 Å². The van der Waals surface area contributed by atoms with Gasteiger partial charge in [-0.05, 0) is 30.2 Å². The smallest absolute Gasteiger partial charge is 0.159 e. The number of nitrogens with zero attached hydrogens (tertiary/aromatic N) is 2. The number of aliphatic hydroxyl groups excluding tert-OH is 3. The molecule has 0 amide bonds. The van der Waals surface area contributed by atoms with Gasteiger partial charge in [-0.25, -0.2) is 18.7 Å². The molecule has 2 heterocycles. The largest absolute Gasteiger partial charge is 0.390 e. The van der Waals surface area contributed by atoms with Crippen molar-refractivity contribution in [1.29, 1.82) is 0 Å². The van der Waals surface area contributed by atoms with Crippen LogP contribution in [0.1, 0.15) is 18.1 Å². The van der Waals surface area contributed by atoms with Crippen molar-refractivity contribution in [2.24, 2.45) is 5.92 Å². The molecule has 1 aliphatic rings. The van der Waals surface area contributed by atoms with Gasteiger partial charge in [0.1, 0.15) is 23.9 Å². The first-order chi connectivity index (χ1) is 13.0. The Balaban J connectivity index is 1.55. The van der Waals surface area contributed by atoms with E-state index in [1.165, 1.54) is 12.4 Å². The molecule has 5 atom stereocenters. The van der Waals surface area contributed by atoms with Crippen molar-refractivity contribution in [2.45, 2.75) is 30.8 Å². The first-order valence-electron chi connectivity index (χ1n) is 8.49. The van der Waals surface area contributed by atoms with Crippen molar-refractivity contribution in [3.8, 4) is 0 Å². The molecular weight excluding hydrogens is 358 g/mol. The predicted molar refractivity (Wildman–Crippen MR) is 92.7 cm³/mol. The van der Waals surface area contributed by atoms with Gasteiger partial charge < -0.3 is 25.6 Å². The second kappa shape index (κ2) is 6.84. The Bertz CT molecular complexity index is 967. The number of aromatic amines is 1. The maximum absolute atomic E-state index is 13.5. The molecule has 9 heteroatoms. The first-order valence-corrected chi connectivity index (χ1v) is 8.49. The minimum atomic E-state index is -1.26. The lowest BCUT2D eigenvalue weighted by molar-refractivity contribution is -0.0222. The molecular formula is C18H18F2N4O3. The Hall–Kier alpha value is -2.62. The maximum atomic E-state index is 13.5. The van der Waals surface area contributed by atoms with Crippen molar-refractivity contribution < 1.29 is 24.1 Å². The van der Waals surface area contributed by atoms with Gasteiger partial charge in [-0.15, -0.1) is 0 Å². The molecule has 5 N–H and O–H groups in total. The highest BCUT2D eigenvalue weighted by Crippen LogP contribution is 2.38. The molecule has 1 fully saturated rings. The van der Waals surface area contributed by atoms with Crippen LogP contribution in [-0.2, 0) is 0 Å². The highest BCUT2D eigenvalue weighted by molar-refractivity contribution is 5.86. The maximum Gasteiger partial charge on any atom is 0.159 e. The second-order valence-electron chi connectivity index (χ2n) is 6.71. The number of hydrogen-bond donors (Lipinski definition) is 5. The minimum absolute atomic E-state index is 0.140. The Morgan fingerprint density at radius 2 is 1.93 bits per heavy atom. The highest BCUT2D eigenvalue weighted by atomic mass is 19.2. The van der Waals surface area contributed by atoms with Gasteiger partial charge in [0, 0.05) is 12.1 Å². The molecule has 0 aliphatic heterocycles. The Morgan fingerprint density at radius 1 is 1.11 bits per heavy atom.